The van der Waals surface area contributed by atoms with Gasteiger partial charge in [-0.05, 0) is 47.2 Å². The zero-order chi connectivity index (χ0) is 15.7. The minimum Gasteiger partial charge on any atom is -0.386 e. The van der Waals surface area contributed by atoms with Crippen LogP contribution in [0.3, 0.4) is 0 Å². The van der Waals surface area contributed by atoms with Crippen molar-refractivity contribution in [2.75, 3.05) is 5.32 Å². The predicted octanol–water partition coefficient (Wildman–Crippen LogP) is 1.33. The van der Waals surface area contributed by atoms with Gasteiger partial charge in [-0.3, -0.25) is 0 Å². The Kier molecular flexibility index (Phi) is 3.63. The quantitative estimate of drug-likeness (QED) is 0.756. The van der Waals surface area contributed by atoms with Gasteiger partial charge >= 0.3 is 0 Å². The Morgan fingerprint density at radius 2 is 2.00 bits per heavy atom. The fourth-order valence-corrected chi connectivity index (χ4v) is 2.02. The summed E-state index contributed by atoms with van der Waals surface area (Å²) in [5.41, 5.74) is 0.752. The Morgan fingerprint density at radius 3 is 2.77 bits per heavy atom. The average Bonchev–Trinajstić information content (AvgIpc) is 2.97. The SMILES string of the molecule is C[C@H](Nc1ccc2nnnn2n1)[C@H](O)c1ccc(F)c(F)c1. The molecule has 3 aromatic rings. The smallest absolute Gasteiger partial charge is 0.200 e. The second kappa shape index (κ2) is 5.60. The molecule has 9 heteroatoms. The molecule has 114 valence electrons. The van der Waals surface area contributed by atoms with E-state index in [0.717, 1.165) is 12.1 Å². The van der Waals surface area contributed by atoms with E-state index in [4.69, 9.17) is 0 Å². The third-order valence-electron chi connectivity index (χ3n) is 3.20. The number of rotatable bonds is 4. The molecule has 1 aromatic carbocycles. The van der Waals surface area contributed by atoms with Crippen LogP contribution in [0.4, 0.5) is 14.6 Å². The van der Waals surface area contributed by atoms with Crippen molar-refractivity contribution in [3.63, 3.8) is 0 Å². The third kappa shape index (κ3) is 2.70. The summed E-state index contributed by atoms with van der Waals surface area (Å²) in [5, 5.41) is 28.1. The molecule has 0 aliphatic heterocycles. The van der Waals surface area contributed by atoms with Gasteiger partial charge in [0.1, 0.15) is 5.82 Å². The second-order valence-electron chi connectivity index (χ2n) is 4.80. The summed E-state index contributed by atoms with van der Waals surface area (Å²) < 4.78 is 27.4. The molecule has 2 aromatic heterocycles. The monoisotopic (exact) mass is 306 g/mol. The van der Waals surface area contributed by atoms with Gasteiger partial charge in [-0.2, -0.15) is 0 Å². The Labute approximate surface area is 123 Å². The van der Waals surface area contributed by atoms with Crippen molar-refractivity contribution in [2.24, 2.45) is 0 Å². The van der Waals surface area contributed by atoms with Crippen molar-refractivity contribution in [1.29, 1.82) is 0 Å². The van der Waals surface area contributed by atoms with Crippen molar-refractivity contribution < 1.29 is 13.9 Å². The molecule has 2 atom stereocenters. The van der Waals surface area contributed by atoms with E-state index >= 15 is 0 Å². The van der Waals surface area contributed by atoms with Crippen LogP contribution in [0.15, 0.2) is 30.3 Å². The number of aliphatic hydroxyl groups is 1. The summed E-state index contributed by atoms with van der Waals surface area (Å²) in [7, 11) is 0. The highest BCUT2D eigenvalue weighted by Gasteiger charge is 2.18. The van der Waals surface area contributed by atoms with E-state index in [2.05, 4.69) is 25.9 Å². The fraction of sp³-hybridized carbons (Fsp3) is 0.231. The first-order valence-electron chi connectivity index (χ1n) is 6.49. The van der Waals surface area contributed by atoms with Crippen molar-refractivity contribution >= 4 is 11.5 Å². The summed E-state index contributed by atoms with van der Waals surface area (Å²) in [6, 6.07) is 6.10. The van der Waals surface area contributed by atoms with E-state index in [9.17, 15) is 13.9 Å². The maximum Gasteiger partial charge on any atom is 0.200 e. The molecular weight excluding hydrogens is 294 g/mol. The lowest BCUT2D eigenvalue weighted by molar-refractivity contribution is 0.160. The van der Waals surface area contributed by atoms with Crippen LogP contribution < -0.4 is 5.32 Å². The van der Waals surface area contributed by atoms with Crippen molar-refractivity contribution in [3.05, 3.63) is 47.5 Å². The van der Waals surface area contributed by atoms with Crippen molar-refractivity contribution in [3.8, 4) is 0 Å². The molecular formula is C13H12F2N6O. The van der Waals surface area contributed by atoms with E-state index in [-0.39, 0.29) is 5.56 Å². The molecule has 22 heavy (non-hydrogen) atoms. The Bertz CT molecular complexity index is 808. The first kappa shape index (κ1) is 14.3. The van der Waals surface area contributed by atoms with Gasteiger partial charge in [-0.1, -0.05) is 6.07 Å². The number of halogens is 2. The number of anilines is 1. The normalized spacial score (nSPS) is 14.0. The fourth-order valence-electron chi connectivity index (χ4n) is 2.02. The van der Waals surface area contributed by atoms with Crippen molar-refractivity contribution in [1.82, 2.24) is 25.3 Å². The number of nitrogens with one attached hydrogen (secondary N) is 1. The molecule has 0 unspecified atom stereocenters. The standard InChI is InChI=1S/C13H12F2N6O/c1-7(13(22)8-2-3-9(14)10(15)6-8)16-11-4-5-12-17-19-20-21(12)18-11/h2-7,13,22H,1H3,(H,16,18)/t7-,13-/m0/s1. The molecule has 2 heterocycles. The lowest BCUT2D eigenvalue weighted by Crippen LogP contribution is -2.25. The summed E-state index contributed by atoms with van der Waals surface area (Å²) in [4.78, 5) is 0. The first-order valence-corrected chi connectivity index (χ1v) is 6.49. The molecule has 3 rings (SSSR count). The summed E-state index contributed by atoms with van der Waals surface area (Å²) >= 11 is 0. The number of fused-ring (bicyclic) bond motifs is 1. The van der Waals surface area contributed by atoms with Gasteiger partial charge in [0.2, 0.25) is 0 Å². The number of hydrogen-bond donors (Lipinski definition) is 2. The van der Waals surface area contributed by atoms with E-state index in [1.165, 1.54) is 10.7 Å². The zero-order valence-electron chi connectivity index (χ0n) is 11.5. The first-order chi connectivity index (χ1) is 10.5. The highest BCUT2D eigenvalue weighted by Crippen LogP contribution is 2.21. The van der Waals surface area contributed by atoms with Crippen LogP contribution >= 0.6 is 0 Å². The summed E-state index contributed by atoms with van der Waals surface area (Å²) in [6.45, 7) is 1.69. The molecule has 0 saturated carbocycles. The van der Waals surface area contributed by atoms with Crippen LogP contribution in [0.25, 0.3) is 5.65 Å². The summed E-state index contributed by atoms with van der Waals surface area (Å²) in [5.74, 6) is -1.52. The maximum atomic E-state index is 13.2. The maximum absolute atomic E-state index is 13.2. The lowest BCUT2D eigenvalue weighted by atomic mass is 10.0. The molecule has 2 N–H and O–H groups in total. The second-order valence-corrected chi connectivity index (χ2v) is 4.80. The molecule has 0 bridgehead atoms. The summed E-state index contributed by atoms with van der Waals surface area (Å²) in [6.07, 6.45) is -1.04. The molecule has 7 nitrogen and oxygen atoms in total. The van der Waals surface area contributed by atoms with Crippen LogP contribution in [0, 0.1) is 11.6 Å². The number of aromatic nitrogens is 5. The molecule has 0 aliphatic carbocycles. The van der Waals surface area contributed by atoms with Gasteiger partial charge in [-0.15, -0.1) is 14.8 Å². The van der Waals surface area contributed by atoms with Gasteiger partial charge in [-0.25, -0.2) is 8.78 Å². The minimum atomic E-state index is -1.04. The molecule has 0 saturated heterocycles. The van der Waals surface area contributed by atoms with Gasteiger partial charge < -0.3 is 10.4 Å². The molecule has 0 aliphatic rings. The minimum absolute atomic E-state index is 0.266. The Balaban J connectivity index is 1.77. The third-order valence-corrected chi connectivity index (χ3v) is 3.20. The lowest BCUT2D eigenvalue weighted by Gasteiger charge is -2.21. The highest BCUT2D eigenvalue weighted by atomic mass is 19.2. The van der Waals surface area contributed by atoms with E-state index in [0.29, 0.717) is 11.5 Å². The molecule has 0 radical (unpaired) electrons. The number of benzene rings is 1. The zero-order valence-corrected chi connectivity index (χ0v) is 11.5. The van der Waals surface area contributed by atoms with Gasteiger partial charge in [0.25, 0.3) is 0 Å². The van der Waals surface area contributed by atoms with E-state index in [1.807, 2.05) is 0 Å². The van der Waals surface area contributed by atoms with E-state index in [1.54, 1.807) is 19.1 Å². The van der Waals surface area contributed by atoms with Crippen LogP contribution in [0.5, 0.6) is 0 Å². The topological polar surface area (TPSA) is 88.2 Å². The molecule has 0 spiro atoms. The Hall–Kier alpha value is -2.68. The number of nitrogens with zero attached hydrogens (tertiary/aromatic N) is 5. The largest absolute Gasteiger partial charge is 0.386 e. The Morgan fingerprint density at radius 1 is 1.18 bits per heavy atom. The van der Waals surface area contributed by atoms with Gasteiger partial charge in [0, 0.05) is 0 Å². The highest BCUT2D eigenvalue weighted by molar-refractivity contribution is 5.43. The van der Waals surface area contributed by atoms with Crippen molar-refractivity contribution in [2.45, 2.75) is 19.1 Å². The van der Waals surface area contributed by atoms with Gasteiger partial charge in [0.05, 0.1) is 12.1 Å². The van der Waals surface area contributed by atoms with E-state index < -0.39 is 23.8 Å². The van der Waals surface area contributed by atoms with Crippen LogP contribution in [-0.2, 0) is 0 Å². The molecule has 0 amide bonds. The van der Waals surface area contributed by atoms with Crippen LogP contribution in [0.2, 0.25) is 0 Å². The number of tetrazole rings is 1. The van der Waals surface area contributed by atoms with Crippen LogP contribution in [0.1, 0.15) is 18.6 Å². The number of hydrogen-bond acceptors (Lipinski definition) is 6. The molecule has 0 fully saturated rings. The number of aliphatic hydroxyl groups excluding tert-OH is 1. The average molecular weight is 306 g/mol. The van der Waals surface area contributed by atoms with Gasteiger partial charge in [0.15, 0.2) is 17.3 Å². The van der Waals surface area contributed by atoms with Crippen LogP contribution in [-0.4, -0.2) is 36.4 Å². The predicted molar refractivity (Wildman–Crippen MR) is 73.0 cm³/mol.